The molecule has 0 spiro atoms. The van der Waals surface area contributed by atoms with Gasteiger partial charge in [0, 0.05) is 32.7 Å². The van der Waals surface area contributed by atoms with Crippen molar-refractivity contribution in [2.45, 2.75) is 32.5 Å². The van der Waals surface area contributed by atoms with E-state index < -0.39 is 0 Å². The molecule has 0 heterocycles. The average molecular weight is 426 g/mol. The summed E-state index contributed by atoms with van der Waals surface area (Å²) in [4.78, 5) is 18.6. The van der Waals surface area contributed by atoms with Crippen LogP contribution in [0.15, 0.2) is 59.6 Å². The molecule has 3 N–H and O–H groups in total. The predicted octanol–water partition coefficient (Wildman–Crippen LogP) is 2.39. The van der Waals surface area contributed by atoms with Crippen molar-refractivity contribution in [3.05, 3.63) is 65.7 Å². The second-order valence-electron chi connectivity index (χ2n) is 7.52. The number of amides is 1. The molecule has 0 saturated heterocycles. The molecule has 0 aliphatic carbocycles. The summed E-state index contributed by atoms with van der Waals surface area (Å²) in [7, 11) is 5.47. The number of carbonyl (C=O) groups excluding carboxylic acids is 1. The van der Waals surface area contributed by atoms with E-state index in [0.29, 0.717) is 18.5 Å². The molecule has 0 aliphatic rings. The second-order valence-corrected chi connectivity index (χ2v) is 7.52. The van der Waals surface area contributed by atoms with E-state index >= 15 is 0 Å². The third-order valence-electron chi connectivity index (χ3n) is 5.17. The number of hydrogen-bond acceptors (Lipinski definition) is 4. The average Bonchev–Trinajstić information content (AvgIpc) is 2.80. The van der Waals surface area contributed by atoms with Gasteiger partial charge in [-0.1, -0.05) is 42.5 Å². The van der Waals surface area contributed by atoms with Crippen molar-refractivity contribution in [1.82, 2.24) is 20.9 Å². The number of methoxy groups -OCH3 is 1. The third-order valence-corrected chi connectivity index (χ3v) is 5.17. The summed E-state index contributed by atoms with van der Waals surface area (Å²) in [6, 6.07) is 18.5. The van der Waals surface area contributed by atoms with Crippen molar-refractivity contribution in [3.8, 4) is 5.75 Å². The van der Waals surface area contributed by atoms with Crippen LogP contribution in [-0.4, -0.2) is 57.1 Å². The van der Waals surface area contributed by atoms with Crippen LogP contribution in [0.2, 0.25) is 0 Å². The molecule has 168 valence electrons. The van der Waals surface area contributed by atoms with Gasteiger partial charge in [0.15, 0.2) is 5.96 Å². The number of aliphatic imine (C=N–C) groups is 1. The number of nitrogens with zero attached hydrogens (tertiary/aromatic N) is 2. The summed E-state index contributed by atoms with van der Waals surface area (Å²) in [5.41, 5.74) is 2.33. The molecule has 0 aromatic heterocycles. The van der Waals surface area contributed by atoms with Gasteiger partial charge in [0.2, 0.25) is 5.91 Å². The highest BCUT2D eigenvalue weighted by Crippen LogP contribution is 2.11. The Morgan fingerprint density at radius 2 is 1.74 bits per heavy atom. The molecule has 1 atom stereocenters. The number of benzene rings is 2. The summed E-state index contributed by atoms with van der Waals surface area (Å²) in [5, 5.41) is 9.24. The normalized spacial score (nSPS) is 12.4. The molecule has 0 aliphatic heterocycles. The quantitative estimate of drug-likeness (QED) is 0.381. The maximum atomic E-state index is 12.1. The fraction of sp³-hybridized carbons (Fsp3) is 0.417. The Bertz CT molecular complexity index is 808. The first-order valence-electron chi connectivity index (χ1n) is 10.6. The predicted molar refractivity (Wildman–Crippen MR) is 126 cm³/mol. The van der Waals surface area contributed by atoms with Crippen LogP contribution in [-0.2, 0) is 17.9 Å². The van der Waals surface area contributed by atoms with E-state index in [2.05, 4.69) is 64.1 Å². The van der Waals surface area contributed by atoms with Gasteiger partial charge in [-0.3, -0.25) is 14.7 Å². The van der Waals surface area contributed by atoms with Gasteiger partial charge in [-0.15, -0.1) is 0 Å². The highest BCUT2D eigenvalue weighted by atomic mass is 16.5. The number of carbonyl (C=O) groups is 1. The van der Waals surface area contributed by atoms with Crippen molar-refractivity contribution in [1.29, 1.82) is 0 Å². The lowest BCUT2D eigenvalue weighted by atomic mass is 10.1. The van der Waals surface area contributed by atoms with Crippen molar-refractivity contribution in [2.75, 3.05) is 34.3 Å². The van der Waals surface area contributed by atoms with Crippen LogP contribution in [0.4, 0.5) is 0 Å². The molecule has 0 fully saturated rings. The smallest absolute Gasteiger partial charge is 0.239 e. The summed E-state index contributed by atoms with van der Waals surface area (Å²) >= 11 is 0. The van der Waals surface area contributed by atoms with Gasteiger partial charge in [-0.05, 0) is 43.7 Å². The van der Waals surface area contributed by atoms with E-state index in [-0.39, 0.29) is 12.5 Å². The molecule has 7 nitrogen and oxygen atoms in total. The zero-order valence-corrected chi connectivity index (χ0v) is 19.0. The maximum absolute atomic E-state index is 12.1. The van der Waals surface area contributed by atoms with Crippen molar-refractivity contribution < 1.29 is 9.53 Å². The minimum Gasteiger partial charge on any atom is -0.497 e. The number of hydrogen-bond donors (Lipinski definition) is 3. The molecular formula is C24H35N5O2. The van der Waals surface area contributed by atoms with E-state index in [1.54, 1.807) is 14.2 Å². The molecule has 2 rings (SSSR count). The third kappa shape index (κ3) is 9.09. The van der Waals surface area contributed by atoms with E-state index in [1.807, 2.05) is 30.3 Å². The Kier molecular flexibility index (Phi) is 10.4. The molecular weight excluding hydrogens is 390 g/mol. The van der Waals surface area contributed by atoms with Gasteiger partial charge in [-0.2, -0.15) is 0 Å². The standard InChI is InChI=1S/C24H35N5O2/c1-19(29(3)18-21-8-6-5-7-9-21)14-15-26-24(25-2)28-17-23(30)27-16-20-10-12-22(31-4)13-11-20/h5-13,19H,14-18H2,1-4H3,(H,27,30)(H2,25,26,28). The summed E-state index contributed by atoms with van der Waals surface area (Å²) < 4.78 is 5.14. The van der Waals surface area contributed by atoms with Crippen LogP contribution < -0.4 is 20.7 Å². The summed E-state index contributed by atoms with van der Waals surface area (Å²) in [5.74, 6) is 1.33. The lowest BCUT2D eigenvalue weighted by molar-refractivity contribution is -0.120. The Balaban J connectivity index is 1.64. The summed E-state index contributed by atoms with van der Waals surface area (Å²) in [6.45, 7) is 4.55. The Labute approximate surface area is 185 Å². The van der Waals surface area contributed by atoms with E-state index in [0.717, 1.165) is 30.8 Å². The monoisotopic (exact) mass is 425 g/mol. The van der Waals surface area contributed by atoms with Crippen molar-refractivity contribution in [3.63, 3.8) is 0 Å². The molecule has 1 amide bonds. The number of rotatable bonds is 11. The SMILES string of the molecule is CN=C(NCCC(C)N(C)Cc1ccccc1)NCC(=O)NCc1ccc(OC)cc1. The molecule has 2 aromatic carbocycles. The molecule has 31 heavy (non-hydrogen) atoms. The van der Waals surface area contributed by atoms with E-state index in [4.69, 9.17) is 4.74 Å². The Morgan fingerprint density at radius 3 is 2.39 bits per heavy atom. The minimum absolute atomic E-state index is 0.0882. The van der Waals surface area contributed by atoms with Gasteiger partial charge in [-0.25, -0.2) is 0 Å². The fourth-order valence-electron chi connectivity index (χ4n) is 3.04. The Morgan fingerprint density at radius 1 is 1.03 bits per heavy atom. The topological polar surface area (TPSA) is 78.0 Å². The lowest BCUT2D eigenvalue weighted by Crippen LogP contribution is -2.44. The van der Waals surface area contributed by atoms with Crippen LogP contribution in [0.5, 0.6) is 5.75 Å². The largest absolute Gasteiger partial charge is 0.497 e. The first-order valence-corrected chi connectivity index (χ1v) is 10.6. The molecule has 7 heteroatoms. The summed E-state index contributed by atoms with van der Waals surface area (Å²) in [6.07, 6.45) is 0.966. The number of guanidine groups is 1. The van der Waals surface area contributed by atoms with Crippen LogP contribution in [0.3, 0.4) is 0 Å². The van der Waals surface area contributed by atoms with Gasteiger partial charge in [0.05, 0.1) is 13.7 Å². The minimum atomic E-state index is -0.0882. The van der Waals surface area contributed by atoms with Crippen LogP contribution in [0, 0.1) is 0 Å². The van der Waals surface area contributed by atoms with Crippen molar-refractivity contribution >= 4 is 11.9 Å². The molecule has 0 radical (unpaired) electrons. The van der Waals surface area contributed by atoms with Gasteiger partial charge in [0.1, 0.15) is 5.75 Å². The molecule has 1 unspecified atom stereocenters. The van der Waals surface area contributed by atoms with Crippen LogP contribution in [0.25, 0.3) is 0 Å². The highest BCUT2D eigenvalue weighted by molar-refractivity contribution is 5.86. The lowest BCUT2D eigenvalue weighted by Gasteiger charge is -2.25. The highest BCUT2D eigenvalue weighted by Gasteiger charge is 2.10. The maximum Gasteiger partial charge on any atom is 0.239 e. The second kappa shape index (κ2) is 13.3. The molecule has 0 bridgehead atoms. The van der Waals surface area contributed by atoms with Gasteiger partial charge >= 0.3 is 0 Å². The number of ether oxygens (including phenoxy) is 1. The number of nitrogens with one attached hydrogen (secondary N) is 3. The zero-order chi connectivity index (χ0) is 22.5. The van der Waals surface area contributed by atoms with Crippen LogP contribution in [0.1, 0.15) is 24.5 Å². The first kappa shape index (κ1) is 24.2. The fourth-order valence-corrected chi connectivity index (χ4v) is 3.04. The zero-order valence-electron chi connectivity index (χ0n) is 19.0. The molecule has 2 aromatic rings. The Hall–Kier alpha value is -3.06. The van der Waals surface area contributed by atoms with E-state index in [9.17, 15) is 4.79 Å². The van der Waals surface area contributed by atoms with Crippen LogP contribution >= 0.6 is 0 Å². The van der Waals surface area contributed by atoms with Gasteiger partial charge in [0.25, 0.3) is 0 Å². The van der Waals surface area contributed by atoms with Gasteiger partial charge < -0.3 is 20.7 Å². The molecule has 0 saturated carbocycles. The van der Waals surface area contributed by atoms with E-state index in [1.165, 1.54) is 5.56 Å². The van der Waals surface area contributed by atoms with Crippen molar-refractivity contribution in [2.24, 2.45) is 4.99 Å². The first-order chi connectivity index (χ1) is 15.0.